The van der Waals surface area contributed by atoms with Gasteiger partial charge in [-0.05, 0) is 31.2 Å². The minimum absolute atomic E-state index is 0.116. The number of nitrogens with zero attached hydrogens (tertiary/aromatic N) is 2. The van der Waals surface area contributed by atoms with Crippen LogP contribution in [0.3, 0.4) is 0 Å². The quantitative estimate of drug-likeness (QED) is 0.733. The number of carbonyl (C=O) groups is 1. The first kappa shape index (κ1) is 11.0. The SMILES string of the molecule is Cc1ccc(C(=O)c2cccc(C#N)c2)cn1. The summed E-state index contributed by atoms with van der Waals surface area (Å²) in [7, 11) is 0. The fourth-order valence-corrected chi connectivity index (χ4v) is 1.50. The molecule has 0 amide bonds. The highest BCUT2D eigenvalue weighted by Crippen LogP contribution is 2.11. The lowest BCUT2D eigenvalue weighted by Crippen LogP contribution is -2.02. The van der Waals surface area contributed by atoms with Crippen molar-refractivity contribution in [2.24, 2.45) is 0 Å². The van der Waals surface area contributed by atoms with Gasteiger partial charge in [0.2, 0.25) is 0 Å². The smallest absolute Gasteiger partial charge is 0.194 e. The van der Waals surface area contributed by atoms with Crippen LogP contribution in [-0.4, -0.2) is 10.8 Å². The molecule has 0 atom stereocenters. The molecular weight excluding hydrogens is 212 g/mol. The molecule has 0 radical (unpaired) electrons. The summed E-state index contributed by atoms with van der Waals surface area (Å²) in [6.07, 6.45) is 1.55. The maximum absolute atomic E-state index is 12.1. The molecule has 0 unspecified atom stereocenters. The van der Waals surface area contributed by atoms with Crippen LogP contribution >= 0.6 is 0 Å². The van der Waals surface area contributed by atoms with Crippen molar-refractivity contribution in [3.63, 3.8) is 0 Å². The predicted octanol–water partition coefficient (Wildman–Crippen LogP) is 2.49. The Morgan fingerprint density at radius 3 is 2.71 bits per heavy atom. The second-order valence-corrected chi connectivity index (χ2v) is 3.71. The Labute approximate surface area is 99.4 Å². The number of aromatic nitrogens is 1. The van der Waals surface area contributed by atoms with Gasteiger partial charge in [-0.1, -0.05) is 12.1 Å². The second-order valence-electron chi connectivity index (χ2n) is 3.71. The maximum atomic E-state index is 12.1. The number of hydrogen-bond acceptors (Lipinski definition) is 3. The number of benzene rings is 1. The first-order valence-corrected chi connectivity index (χ1v) is 5.18. The van der Waals surface area contributed by atoms with Crippen LogP contribution in [0.25, 0.3) is 0 Å². The largest absolute Gasteiger partial charge is 0.289 e. The Morgan fingerprint density at radius 1 is 1.24 bits per heavy atom. The lowest BCUT2D eigenvalue weighted by Gasteiger charge is -2.01. The third kappa shape index (κ3) is 2.37. The summed E-state index contributed by atoms with van der Waals surface area (Å²) in [6, 6.07) is 12.2. The minimum Gasteiger partial charge on any atom is -0.289 e. The maximum Gasteiger partial charge on any atom is 0.194 e. The summed E-state index contributed by atoms with van der Waals surface area (Å²) in [5.41, 5.74) is 2.39. The molecule has 0 saturated heterocycles. The average Bonchev–Trinajstić information content (AvgIpc) is 2.39. The number of pyridine rings is 1. The lowest BCUT2D eigenvalue weighted by molar-refractivity contribution is 0.103. The summed E-state index contributed by atoms with van der Waals surface area (Å²) in [4.78, 5) is 16.2. The Kier molecular flexibility index (Phi) is 2.97. The van der Waals surface area contributed by atoms with Gasteiger partial charge in [-0.15, -0.1) is 0 Å². The number of rotatable bonds is 2. The van der Waals surface area contributed by atoms with Crippen LogP contribution in [0, 0.1) is 18.3 Å². The van der Waals surface area contributed by atoms with E-state index in [1.807, 2.05) is 13.0 Å². The van der Waals surface area contributed by atoms with Gasteiger partial charge in [0.1, 0.15) is 0 Å². The van der Waals surface area contributed by atoms with Crippen LogP contribution in [0.15, 0.2) is 42.6 Å². The molecule has 17 heavy (non-hydrogen) atoms. The highest BCUT2D eigenvalue weighted by atomic mass is 16.1. The van der Waals surface area contributed by atoms with E-state index in [4.69, 9.17) is 5.26 Å². The molecule has 0 aliphatic heterocycles. The summed E-state index contributed by atoms with van der Waals surface area (Å²) in [6.45, 7) is 1.87. The third-order valence-electron chi connectivity index (χ3n) is 2.43. The molecule has 82 valence electrons. The Balaban J connectivity index is 2.37. The summed E-state index contributed by atoms with van der Waals surface area (Å²) in [5, 5.41) is 8.78. The van der Waals surface area contributed by atoms with Crippen molar-refractivity contribution in [3.8, 4) is 6.07 Å². The molecule has 0 bridgehead atoms. The van der Waals surface area contributed by atoms with Crippen molar-refractivity contribution in [1.29, 1.82) is 5.26 Å². The van der Waals surface area contributed by atoms with Gasteiger partial charge < -0.3 is 0 Å². The highest BCUT2D eigenvalue weighted by molar-refractivity contribution is 6.08. The first-order chi connectivity index (χ1) is 8.20. The van der Waals surface area contributed by atoms with Gasteiger partial charge in [0.15, 0.2) is 5.78 Å². The number of aryl methyl sites for hydroxylation is 1. The van der Waals surface area contributed by atoms with Gasteiger partial charge >= 0.3 is 0 Å². The molecule has 0 N–H and O–H groups in total. The Morgan fingerprint density at radius 2 is 2.06 bits per heavy atom. The van der Waals surface area contributed by atoms with Crippen molar-refractivity contribution < 1.29 is 4.79 Å². The molecule has 2 aromatic rings. The van der Waals surface area contributed by atoms with Gasteiger partial charge in [-0.2, -0.15) is 5.26 Å². The van der Waals surface area contributed by atoms with Gasteiger partial charge in [0, 0.05) is 23.0 Å². The molecular formula is C14H10N2O. The normalized spacial score (nSPS) is 9.65. The van der Waals surface area contributed by atoms with E-state index in [1.54, 1.807) is 42.6 Å². The van der Waals surface area contributed by atoms with Crippen LogP contribution in [-0.2, 0) is 0 Å². The zero-order chi connectivity index (χ0) is 12.3. The number of ketones is 1. The Hall–Kier alpha value is -2.47. The van der Waals surface area contributed by atoms with E-state index in [1.165, 1.54) is 0 Å². The summed E-state index contributed by atoms with van der Waals surface area (Å²) in [5.74, 6) is -0.116. The molecule has 0 spiro atoms. The molecule has 3 nitrogen and oxygen atoms in total. The fraction of sp³-hybridized carbons (Fsp3) is 0.0714. The summed E-state index contributed by atoms with van der Waals surface area (Å²) < 4.78 is 0. The number of hydrogen-bond donors (Lipinski definition) is 0. The van der Waals surface area contributed by atoms with E-state index < -0.39 is 0 Å². The second kappa shape index (κ2) is 4.58. The highest BCUT2D eigenvalue weighted by Gasteiger charge is 2.09. The van der Waals surface area contributed by atoms with Crippen LogP contribution in [0.2, 0.25) is 0 Å². The van der Waals surface area contributed by atoms with Crippen LogP contribution in [0.1, 0.15) is 27.2 Å². The lowest BCUT2D eigenvalue weighted by atomic mass is 10.0. The van der Waals surface area contributed by atoms with Crippen molar-refractivity contribution in [2.75, 3.05) is 0 Å². The van der Waals surface area contributed by atoms with E-state index in [0.29, 0.717) is 16.7 Å². The van der Waals surface area contributed by atoms with Crippen LogP contribution < -0.4 is 0 Å². The molecule has 3 heteroatoms. The van der Waals surface area contributed by atoms with Crippen molar-refractivity contribution in [1.82, 2.24) is 4.98 Å². The Bertz CT molecular complexity index is 594. The number of carbonyl (C=O) groups excluding carboxylic acids is 1. The molecule has 0 aliphatic carbocycles. The van der Waals surface area contributed by atoms with Crippen molar-refractivity contribution in [3.05, 3.63) is 65.0 Å². The van der Waals surface area contributed by atoms with Crippen LogP contribution in [0.5, 0.6) is 0 Å². The third-order valence-corrected chi connectivity index (χ3v) is 2.43. The van der Waals surface area contributed by atoms with Gasteiger partial charge in [-0.3, -0.25) is 9.78 Å². The first-order valence-electron chi connectivity index (χ1n) is 5.18. The average molecular weight is 222 g/mol. The zero-order valence-corrected chi connectivity index (χ0v) is 9.34. The molecule has 1 aromatic carbocycles. The minimum atomic E-state index is -0.116. The van der Waals surface area contributed by atoms with Crippen LogP contribution in [0.4, 0.5) is 0 Å². The zero-order valence-electron chi connectivity index (χ0n) is 9.34. The van der Waals surface area contributed by atoms with E-state index in [-0.39, 0.29) is 5.78 Å². The van der Waals surface area contributed by atoms with E-state index in [2.05, 4.69) is 4.98 Å². The van der Waals surface area contributed by atoms with Gasteiger partial charge in [0.25, 0.3) is 0 Å². The van der Waals surface area contributed by atoms with Gasteiger partial charge in [0.05, 0.1) is 11.6 Å². The predicted molar refractivity (Wildman–Crippen MR) is 63.6 cm³/mol. The standard InChI is InChI=1S/C14H10N2O/c1-10-5-6-13(9-16-10)14(17)12-4-2-3-11(7-12)8-15/h2-7,9H,1H3. The van der Waals surface area contributed by atoms with E-state index >= 15 is 0 Å². The van der Waals surface area contributed by atoms with Crippen molar-refractivity contribution >= 4 is 5.78 Å². The molecule has 0 fully saturated rings. The van der Waals surface area contributed by atoms with Crippen molar-refractivity contribution in [2.45, 2.75) is 6.92 Å². The van der Waals surface area contributed by atoms with Gasteiger partial charge in [-0.25, -0.2) is 0 Å². The fourth-order valence-electron chi connectivity index (χ4n) is 1.50. The van der Waals surface area contributed by atoms with E-state index in [9.17, 15) is 4.79 Å². The molecule has 0 aliphatic rings. The van der Waals surface area contributed by atoms with E-state index in [0.717, 1.165) is 5.69 Å². The number of nitriles is 1. The molecule has 1 aromatic heterocycles. The molecule has 2 rings (SSSR count). The monoisotopic (exact) mass is 222 g/mol. The molecule has 0 saturated carbocycles. The molecule has 1 heterocycles. The summed E-state index contributed by atoms with van der Waals surface area (Å²) >= 11 is 0. The topological polar surface area (TPSA) is 53.8 Å².